The first-order valence-corrected chi connectivity index (χ1v) is 8.62. The van der Waals surface area contributed by atoms with Crippen LogP contribution in [-0.2, 0) is 0 Å². The van der Waals surface area contributed by atoms with Gasteiger partial charge in [-0.15, -0.1) is 0 Å². The zero-order chi connectivity index (χ0) is 15.8. The number of benzene rings is 1. The lowest BCUT2D eigenvalue weighted by Gasteiger charge is -2.22. The summed E-state index contributed by atoms with van der Waals surface area (Å²) in [5, 5.41) is 6.66. The maximum atomic E-state index is 12.6. The molecule has 2 fully saturated rings. The molecule has 0 radical (unpaired) electrons. The number of amides is 1. The average Bonchev–Trinajstić information content (AvgIpc) is 3.11. The molecule has 5 heteroatoms. The van der Waals surface area contributed by atoms with E-state index in [-0.39, 0.29) is 5.91 Å². The molecule has 2 heterocycles. The number of fused-ring (bicyclic) bond motifs is 2. The van der Waals surface area contributed by atoms with Crippen LogP contribution in [-0.4, -0.2) is 38.3 Å². The van der Waals surface area contributed by atoms with Crippen LogP contribution < -0.4 is 20.1 Å². The molecule has 0 aromatic heterocycles. The summed E-state index contributed by atoms with van der Waals surface area (Å²) in [5.74, 6) is 3.46. The van der Waals surface area contributed by atoms with Crippen molar-refractivity contribution in [2.45, 2.75) is 25.8 Å². The van der Waals surface area contributed by atoms with E-state index in [0.717, 1.165) is 18.4 Å². The summed E-state index contributed by atoms with van der Waals surface area (Å²) in [5.41, 5.74) is 0.566. The summed E-state index contributed by atoms with van der Waals surface area (Å²) in [6, 6.07) is 5.87. The van der Waals surface area contributed by atoms with Crippen LogP contribution in [0.1, 0.15) is 30.1 Å². The molecular weight excluding hydrogens is 292 g/mol. The van der Waals surface area contributed by atoms with Crippen LogP contribution in [0, 0.1) is 17.8 Å². The van der Waals surface area contributed by atoms with Gasteiger partial charge in [0.2, 0.25) is 0 Å². The van der Waals surface area contributed by atoms with Gasteiger partial charge >= 0.3 is 0 Å². The highest BCUT2D eigenvalue weighted by Gasteiger charge is 2.41. The molecule has 5 nitrogen and oxygen atoms in total. The minimum Gasteiger partial charge on any atom is -0.486 e. The monoisotopic (exact) mass is 316 g/mol. The third-order valence-electron chi connectivity index (χ3n) is 5.44. The van der Waals surface area contributed by atoms with Crippen LogP contribution in [0.25, 0.3) is 0 Å². The molecule has 4 rings (SSSR count). The van der Waals surface area contributed by atoms with Crippen molar-refractivity contribution in [3.8, 4) is 11.5 Å². The number of carbonyl (C=O) groups is 1. The quantitative estimate of drug-likeness (QED) is 0.893. The Morgan fingerprint density at radius 1 is 1.30 bits per heavy atom. The first kappa shape index (κ1) is 14.8. The number of ether oxygens (including phenoxy) is 2. The van der Waals surface area contributed by atoms with Gasteiger partial charge in [-0.05, 0) is 49.3 Å². The second-order valence-electron chi connectivity index (χ2n) is 7.06. The molecule has 0 bridgehead atoms. The molecule has 124 valence electrons. The average molecular weight is 316 g/mol. The van der Waals surface area contributed by atoms with Crippen LogP contribution in [0.15, 0.2) is 18.2 Å². The molecule has 4 atom stereocenters. The fourth-order valence-corrected chi connectivity index (χ4v) is 4.40. The summed E-state index contributed by atoms with van der Waals surface area (Å²) >= 11 is 0. The van der Waals surface area contributed by atoms with Crippen molar-refractivity contribution in [2.24, 2.45) is 17.8 Å². The molecule has 1 aromatic carbocycles. The van der Waals surface area contributed by atoms with Crippen LogP contribution >= 0.6 is 0 Å². The van der Waals surface area contributed by atoms with E-state index >= 15 is 0 Å². The van der Waals surface area contributed by atoms with Crippen molar-refractivity contribution in [1.29, 1.82) is 0 Å². The number of carbonyl (C=O) groups excluding carboxylic acids is 1. The Labute approximate surface area is 136 Å². The zero-order valence-corrected chi connectivity index (χ0v) is 13.5. The standard InChI is InChI=1S/C18H24N2O3/c1-11-7-12-9-19-15(14(12)8-11)10-20-18(21)13-3-2-4-16-17(13)23-6-5-22-16/h2-4,11-12,14-15,19H,5-10H2,1H3,(H,20,21)/t11?,12-,14-,15+/m0/s1. The Balaban J connectivity index is 1.41. The Kier molecular flexibility index (Phi) is 3.89. The number of nitrogens with one attached hydrogen (secondary N) is 2. The normalized spacial score (nSPS) is 31.7. The van der Waals surface area contributed by atoms with Gasteiger partial charge in [0.25, 0.3) is 5.91 Å². The Morgan fingerprint density at radius 3 is 3.09 bits per heavy atom. The second kappa shape index (κ2) is 6.04. The number of hydrogen-bond donors (Lipinski definition) is 2. The van der Waals surface area contributed by atoms with Gasteiger partial charge in [-0.25, -0.2) is 0 Å². The van der Waals surface area contributed by atoms with Crippen molar-refractivity contribution < 1.29 is 14.3 Å². The van der Waals surface area contributed by atoms with Crippen molar-refractivity contribution in [3.05, 3.63) is 23.8 Å². The minimum atomic E-state index is -0.0800. The predicted octanol–water partition coefficient (Wildman–Crippen LogP) is 1.82. The first-order chi connectivity index (χ1) is 11.2. The Hall–Kier alpha value is -1.75. The van der Waals surface area contributed by atoms with Gasteiger partial charge in [-0.1, -0.05) is 13.0 Å². The molecule has 1 unspecified atom stereocenters. The van der Waals surface area contributed by atoms with Crippen molar-refractivity contribution in [2.75, 3.05) is 26.3 Å². The summed E-state index contributed by atoms with van der Waals surface area (Å²) in [6.45, 7) is 5.13. The fraction of sp³-hybridized carbons (Fsp3) is 0.611. The summed E-state index contributed by atoms with van der Waals surface area (Å²) < 4.78 is 11.2. The molecule has 2 aliphatic heterocycles. The number of hydrogen-bond acceptors (Lipinski definition) is 4. The van der Waals surface area contributed by atoms with E-state index in [4.69, 9.17) is 9.47 Å². The summed E-state index contributed by atoms with van der Waals surface area (Å²) in [7, 11) is 0. The molecule has 1 aromatic rings. The third kappa shape index (κ3) is 2.78. The van der Waals surface area contributed by atoms with Gasteiger partial charge < -0.3 is 20.1 Å². The summed E-state index contributed by atoms with van der Waals surface area (Å²) in [4.78, 5) is 12.6. The van der Waals surface area contributed by atoms with Gasteiger partial charge in [0, 0.05) is 12.6 Å². The number of para-hydroxylation sites is 1. The summed E-state index contributed by atoms with van der Waals surface area (Å²) in [6.07, 6.45) is 2.59. The van der Waals surface area contributed by atoms with Gasteiger partial charge in [-0.2, -0.15) is 0 Å². The molecule has 1 saturated heterocycles. The lowest BCUT2D eigenvalue weighted by molar-refractivity contribution is 0.0936. The maximum absolute atomic E-state index is 12.6. The van der Waals surface area contributed by atoms with Gasteiger partial charge in [0.05, 0.1) is 5.56 Å². The van der Waals surface area contributed by atoms with E-state index in [1.165, 1.54) is 12.8 Å². The van der Waals surface area contributed by atoms with E-state index < -0.39 is 0 Å². The van der Waals surface area contributed by atoms with Gasteiger partial charge in [0.15, 0.2) is 11.5 Å². The van der Waals surface area contributed by atoms with Crippen LogP contribution in [0.4, 0.5) is 0 Å². The highest BCUT2D eigenvalue weighted by Crippen LogP contribution is 2.41. The third-order valence-corrected chi connectivity index (χ3v) is 5.44. The van der Waals surface area contributed by atoms with Crippen molar-refractivity contribution in [3.63, 3.8) is 0 Å². The smallest absolute Gasteiger partial charge is 0.255 e. The lowest BCUT2D eigenvalue weighted by atomic mass is 9.94. The largest absolute Gasteiger partial charge is 0.486 e. The highest BCUT2D eigenvalue weighted by atomic mass is 16.6. The van der Waals surface area contributed by atoms with Crippen LogP contribution in [0.2, 0.25) is 0 Å². The SMILES string of the molecule is CC1C[C@H]2CN[C@H](CNC(=O)c3cccc4c3OCCO4)[C@H]2C1. The minimum absolute atomic E-state index is 0.0800. The second-order valence-corrected chi connectivity index (χ2v) is 7.06. The van der Waals surface area contributed by atoms with Crippen LogP contribution in [0.5, 0.6) is 11.5 Å². The molecule has 2 N–H and O–H groups in total. The fourth-order valence-electron chi connectivity index (χ4n) is 4.40. The molecular formula is C18H24N2O3. The topological polar surface area (TPSA) is 59.6 Å². The first-order valence-electron chi connectivity index (χ1n) is 8.62. The van der Waals surface area contributed by atoms with Crippen molar-refractivity contribution in [1.82, 2.24) is 10.6 Å². The molecule has 1 amide bonds. The van der Waals surface area contributed by atoms with Gasteiger partial charge in [-0.3, -0.25) is 4.79 Å². The number of rotatable bonds is 3. The predicted molar refractivity (Wildman–Crippen MR) is 86.9 cm³/mol. The lowest BCUT2D eigenvalue weighted by Crippen LogP contribution is -2.40. The maximum Gasteiger partial charge on any atom is 0.255 e. The van der Waals surface area contributed by atoms with Gasteiger partial charge in [0.1, 0.15) is 13.2 Å². The Bertz CT molecular complexity index is 604. The zero-order valence-electron chi connectivity index (χ0n) is 13.5. The molecule has 1 saturated carbocycles. The van der Waals surface area contributed by atoms with E-state index in [0.29, 0.717) is 48.8 Å². The van der Waals surface area contributed by atoms with Crippen LogP contribution in [0.3, 0.4) is 0 Å². The molecule has 0 spiro atoms. The highest BCUT2D eigenvalue weighted by molar-refractivity contribution is 5.97. The molecule has 23 heavy (non-hydrogen) atoms. The molecule has 1 aliphatic carbocycles. The Morgan fingerprint density at radius 2 is 2.17 bits per heavy atom. The molecule has 3 aliphatic rings. The van der Waals surface area contributed by atoms with Crippen molar-refractivity contribution >= 4 is 5.91 Å². The van der Waals surface area contributed by atoms with E-state index in [2.05, 4.69) is 17.6 Å². The van der Waals surface area contributed by atoms with E-state index in [9.17, 15) is 4.79 Å². The van der Waals surface area contributed by atoms with E-state index in [1.54, 1.807) is 6.07 Å². The van der Waals surface area contributed by atoms with E-state index in [1.807, 2.05) is 12.1 Å².